The number of hydrogen-bond acceptors (Lipinski definition) is 5. The molecule has 0 aliphatic rings. The summed E-state index contributed by atoms with van der Waals surface area (Å²) in [7, 11) is -3.35. The van der Waals surface area contributed by atoms with Gasteiger partial charge in [-0.1, -0.05) is 12.1 Å². The van der Waals surface area contributed by atoms with E-state index in [1.165, 1.54) is 0 Å². The fourth-order valence-corrected chi connectivity index (χ4v) is 5.77. The largest absolute Gasteiger partial charge is 0.508 e. The van der Waals surface area contributed by atoms with Crippen molar-refractivity contribution in [3.8, 4) is 5.75 Å². The molecule has 0 radical (unpaired) electrons. The summed E-state index contributed by atoms with van der Waals surface area (Å²) in [6.45, 7) is 6.25. The van der Waals surface area contributed by atoms with Crippen molar-refractivity contribution in [2.24, 2.45) is 0 Å². The zero-order valence-corrected chi connectivity index (χ0v) is 14.7. The Kier molecular flexibility index (Phi) is 5.81. The highest BCUT2D eigenvalue weighted by Crippen LogP contribution is 2.64. The van der Waals surface area contributed by atoms with Crippen molar-refractivity contribution >= 4 is 18.9 Å². The molecule has 0 fully saturated rings. The van der Waals surface area contributed by atoms with Gasteiger partial charge in [0.05, 0.1) is 13.2 Å². The highest BCUT2D eigenvalue weighted by Gasteiger charge is 2.39. The van der Waals surface area contributed by atoms with Gasteiger partial charge in [-0.2, -0.15) is 0 Å². The van der Waals surface area contributed by atoms with Gasteiger partial charge in [0.1, 0.15) is 11.4 Å². The van der Waals surface area contributed by atoms with Crippen LogP contribution >= 0.6 is 18.9 Å². The highest BCUT2D eigenvalue weighted by molar-refractivity contribution is 7.55. The molecular weight excluding hydrogens is 319 g/mol. The summed E-state index contributed by atoms with van der Waals surface area (Å²) in [6.07, 6.45) is 0. The minimum Gasteiger partial charge on any atom is -0.508 e. The molecular formula is C16H21O4PS. The molecule has 0 saturated heterocycles. The molecule has 1 aromatic heterocycles. The third kappa shape index (κ3) is 3.79. The molecule has 0 bridgehead atoms. The maximum atomic E-state index is 13.3. The molecule has 1 atom stereocenters. The molecule has 0 aliphatic heterocycles. The average molecular weight is 340 g/mol. The number of hydrogen-bond donors (Lipinski definition) is 1. The van der Waals surface area contributed by atoms with Gasteiger partial charge in [0.25, 0.3) is 0 Å². The predicted molar refractivity (Wildman–Crippen MR) is 89.9 cm³/mol. The van der Waals surface area contributed by atoms with Crippen LogP contribution in [0.15, 0.2) is 36.4 Å². The summed E-state index contributed by atoms with van der Waals surface area (Å²) in [4.78, 5) is 2.08. The van der Waals surface area contributed by atoms with Gasteiger partial charge in [-0.25, -0.2) is 0 Å². The van der Waals surface area contributed by atoms with Gasteiger partial charge in [0.15, 0.2) is 0 Å². The average Bonchev–Trinajstić information content (AvgIpc) is 2.88. The third-order valence-corrected chi connectivity index (χ3v) is 6.86. The second-order valence-electron chi connectivity index (χ2n) is 4.82. The Bertz CT molecular complexity index is 640. The molecule has 6 heteroatoms. The lowest BCUT2D eigenvalue weighted by Crippen LogP contribution is -2.07. The van der Waals surface area contributed by atoms with Crippen molar-refractivity contribution in [1.29, 1.82) is 0 Å². The van der Waals surface area contributed by atoms with Gasteiger partial charge in [-0.3, -0.25) is 4.57 Å². The normalized spacial score (nSPS) is 13.2. The van der Waals surface area contributed by atoms with Crippen LogP contribution in [0.5, 0.6) is 5.75 Å². The molecule has 1 unspecified atom stereocenters. The van der Waals surface area contributed by atoms with Crippen molar-refractivity contribution in [3.63, 3.8) is 0 Å². The van der Waals surface area contributed by atoms with Crippen LogP contribution in [0.2, 0.25) is 0 Å². The number of benzene rings is 1. The van der Waals surface area contributed by atoms with Crippen molar-refractivity contribution < 1.29 is 18.7 Å². The molecule has 1 N–H and O–H groups in total. The Morgan fingerprint density at radius 3 is 2.14 bits per heavy atom. The van der Waals surface area contributed by atoms with Gasteiger partial charge < -0.3 is 14.2 Å². The number of rotatable bonds is 7. The van der Waals surface area contributed by atoms with Crippen LogP contribution in [-0.2, 0) is 13.6 Å². The Morgan fingerprint density at radius 1 is 1.09 bits per heavy atom. The number of phenols is 1. The van der Waals surface area contributed by atoms with E-state index in [9.17, 15) is 9.67 Å². The van der Waals surface area contributed by atoms with Crippen LogP contribution in [0.4, 0.5) is 0 Å². The summed E-state index contributed by atoms with van der Waals surface area (Å²) in [5, 5.41) is 9.49. The Morgan fingerprint density at radius 2 is 1.68 bits per heavy atom. The minimum absolute atomic E-state index is 0.174. The summed E-state index contributed by atoms with van der Waals surface area (Å²) in [5.74, 6) is 0.174. The van der Waals surface area contributed by atoms with Gasteiger partial charge in [0, 0.05) is 9.75 Å². The molecule has 0 saturated carbocycles. The maximum Gasteiger partial charge on any atom is 0.343 e. The molecule has 120 valence electrons. The lowest BCUT2D eigenvalue weighted by molar-refractivity contribution is 0.215. The van der Waals surface area contributed by atoms with E-state index in [1.807, 2.05) is 19.1 Å². The molecule has 1 aromatic carbocycles. The number of aryl methyl sites for hydroxylation is 1. The summed E-state index contributed by atoms with van der Waals surface area (Å²) in [6, 6.07) is 10.7. The van der Waals surface area contributed by atoms with Crippen LogP contribution in [-0.4, -0.2) is 18.3 Å². The summed E-state index contributed by atoms with van der Waals surface area (Å²) in [5.41, 5.74) is 0.330. The first kappa shape index (κ1) is 17.2. The second kappa shape index (κ2) is 7.42. The quantitative estimate of drug-likeness (QED) is 0.711. The predicted octanol–water partition coefficient (Wildman–Crippen LogP) is 5.12. The van der Waals surface area contributed by atoms with Crippen LogP contribution in [0, 0.1) is 6.92 Å². The van der Waals surface area contributed by atoms with E-state index in [4.69, 9.17) is 9.05 Å². The van der Waals surface area contributed by atoms with E-state index in [0.29, 0.717) is 13.2 Å². The van der Waals surface area contributed by atoms with Crippen LogP contribution in [0.1, 0.15) is 34.8 Å². The van der Waals surface area contributed by atoms with Crippen molar-refractivity contribution in [3.05, 3.63) is 51.7 Å². The van der Waals surface area contributed by atoms with E-state index < -0.39 is 13.3 Å². The second-order valence-corrected chi connectivity index (χ2v) is 8.25. The topological polar surface area (TPSA) is 55.8 Å². The Labute approximate surface area is 135 Å². The first-order valence-electron chi connectivity index (χ1n) is 7.24. The van der Waals surface area contributed by atoms with Crippen molar-refractivity contribution in [1.82, 2.24) is 0 Å². The number of phenolic OH excluding ortho intramolecular Hbond substituents is 1. The molecule has 0 spiro atoms. The fraction of sp³-hybridized carbons (Fsp3) is 0.375. The Balaban J connectivity index is 2.53. The lowest BCUT2D eigenvalue weighted by atomic mass is 10.1. The van der Waals surface area contributed by atoms with E-state index >= 15 is 0 Å². The number of aromatic hydroxyl groups is 1. The van der Waals surface area contributed by atoms with E-state index in [-0.39, 0.29) is 5.75 Å². The van der Waals surface area contributed by atoms with Gasteiger partial charge in [-0.15, -0.1) is 11.3 Å². The van der Waals surface area contributed by atoms with E-state index in [0.717, 1.165) is 15.3 Å². The van der Waals surface area contributed by atoms with Crippen molar-refractivity contribution in [2.75, 3.05) is 13.2 Å². The summed E-state index contributed by atoms with van der Waals surface area (Å²) >= 11 is 1.58. The summed E-state index contributed by atoms with van der Waals surface area (Å²) < 4.78 is 24.4. The lowest BCUT2D eigenvalue weighted by Gasteiger charge is -2.26. The number of thiophene rings is 1. The molecule has 2 rings (SSSR count). The minimum atomic E-state index is -3.35. The SMILES string of the molecule is CCOP(=O)(OCC)C(c1ccc(O)cc1)c1ccc(C)s1. The zero-order chi connectivity index (χ0) is 16.2. The molecule has 22 heavy (non-hydrogen) atoms. The first-order chi connectivity index (χ1) is 10.5. The fourth-order valence-electron chi connectivity index (χ4n) is 2.31. The first-order valence-corrected chi connectivity index (χ1v) is 9.67. The van der Waals surface area contributed by atoms with Gasteiger partial charge in [0.2, 0.25) is 0 Å². The monoisotopic (exact) mass is 340 g/mol. The zero-order valence-electron chi connectivity index (χ0n) is 13.0. The van der Waals surface area contributed by atoms with E-state index in [1.54, 1.807) is 49.4 Å². The maximum absolute atomic E-state index is 13.3. The highest BCUT2D eigenvalue weighted by atomic mass is 32.1. The smallest absolute Gasteiger partial charge is 0.343 e. The molecule has 1 heterocycles. The molecule has 2 aromatic rings. The van der Waals surface area contributed by atoms with Gasteiger partial charge >= 0.3 is 7.60 Å². The Hall–Kier alpha value is -1.13. The molecule has 0 amide bonds. The van der Waals surface area contributed by atoms with Crippen LogP contribution in [0.25, 0.3) is 0 Å². The standard InChI is InChI=1S/C16H21O4PS/c1-4-19-21(18,20-5-2)16(15-11-6-12(3)22-15)13-7-9-14(17)10-8-13/h6-11,16-17H,4-5H2,1-3H3. The van der Waals surface area contributed by atoms with E-state index in [2.05, 4.69) is 0 Å². The molecule has 4 nitrogen and oxygen atoms in total. The third-order valence-electron chi connectivity index (χ3n) is 3.17. The van der Waals surface area contributed by atoms with Crippen LogP contribution in [0.3, 0.4) is 0 Å². The van der Waals surface area contributed by atoms with Gasteiger partial charge in [-0.05, 0) is 50.6 Å². The molecule has 0 aliphatic carbocycles. The van der Waals surface area contributed by atoms with Crippen molar-refractivity contribution in [2.45, 2.75) is 26.4 Å². The van der Waals surface area contributed by atoms with Crippen LogP contribution < -0.4 is 0 Å².